The first-order chi connectivity index (χ1) is 11.5. The Morgan fingerprint density at radius 3 is 2.33 bits per heavy atom. The highest BCUT2D eigenvalue weighted by molar-refractivity contribution is 5.90. The van der Waals surface area contributed by atoms with Crippen LogP contribution < -0.4 is 0 Å². The van der Waals surface area contributed by atoms with Crippen LogP contribution >= 0.6 is 0 Å². The van der Waals surface area contributed by atoms with Gasteiger partial charge in [-0.05, 0) is 45.0 Å². The van der Waals surface area contributed by atoms with Crippen molar-refractivity contribution in [3.8, 4) is 5.69 Å². The first-order valence-corrected chi connectivity index (χ1v) is 8.18. The van der Waals surface area contributed by atoms with Crippen molar-refractivity contribution in [2.45, 2.75) is 26.8 Å². The standard InChI is InChI=1S/C17H22FN5O/c1-12(2)21-8-10-22(11-9-21)17(24)16-19-13(3)23(20-16)15-6-4-14(18)5-7-15/h4-7,12H,8-11H2,1-3H3. The van der Waals surface area contributed by atoms with Crippen LogP contribution in [0.25, 0.3) is 5.69 Å². The molecule has 0 N–H and O–H groups in total. The van der Waals surface area contributed by atoms with Crippen molar-refractivity contribution in [1.82, 2.24) is 24.6 Å². The number of rotatable bonds is 3. The molecule has 1 aliphatic heterocycles. The maximum atomic E-state index is 13.1. The molecule has 2 aromatic rings. The lowest BCUT2D eigenvalue weighted by Gasteiger charge is -2.36. The molecule has 1 saturated heterocycles. The van der Waals surface area contributed by atoms with E-state index in [1.807, 2.05) is 0 Å². The normalized spacial score (nSPS) is 16.0. The van der Waals surface area contributed by atoms with E-state index in [1.165, 1.54) is 12.1 Å². The Bertz CT molecular complexity index is 717. The van der Waals surface area contributed by atoms with E-state index in [1.54, 1.807) is 28.6 Å². The van der Waals surface area contributed by atoms with E-state index in [0.717, 1.165) is 13.1 Å². The minimum atomic E-state index is -0.309. The molecule has 1 amide bonds. The second-order valence-electron chi connectivity index (χ2n) is 6.29. The largest absolute Gasteiger partial charge is 0.333 e. The summed E-state index contributed by atoms with van der Waals surface area (Å²) in [6, 6.07) is 6.45. The Hall–Kier alpha value is -2.28. The van der Waals surface area contributed by atoms with Crippen LogP contribution in [0.15, 0.2) is 24.3 Å². The van der Waals surface area contributed by atoms with Gasteiger partial charge in [-0.2, -0.15) is 0 Å². The summed E-state index contributed by atoms with van der Waals surface area (Å²) in [6.45, 7) is 9.19. The van der Waals surface area contributed by atoms with E-state index in [0.29, 0.717) is 30.6 Å². The van der Waals surface area contributed by atoms with Gasteiger partial charge in [0, 0.05) is 32.2 Å². The molecule has 0 spiro atoms. The number of hydrogen-bond donors (Lipinski definition) is 0. The third-order valence-electron chi connectivity index (χ3n) is 4.36. The van der Waals surface area contributed by atoms with E-state index >= 15 is 0 Å². The molecule has 1 aromatic heterocycles. The Morgan fingerprint density at radius 2 is 1.75 bits per heavy atom. The van der Waals surface area contributed by atoms with E-state index in [2.05, 4.69) is 28.8 Å². The molecule has 0 bridgehead atoms. The molecular formula is C17H22FN5O. The topological polar surface area (TPSA) is 54.3 Å². The van der Waals surface area contributed by atoms with Gasteiger partial charge < -0.3 is 4.90 Å². The summed E-state index contributed by atoms with van der Waals surface area (Å²) in [4.78, 5) is 21.1. The molecular weight excluding hydrogens is 309 g/mol. The Morgan fingerprint density at radius 1 is 1.12 bits per heavy atom. The Labute approximate surface area is 140 Å². The number of benzene rings is 1. The molecule has 0 radical (unpaired) electrons. The van der Waals surface area contributed by atoms with E-state index in [-0.39, 0.29) is 17.5 Å². The molecule has 1 aromatic carbocycles. The number of hydrogen-bond acceptors (Lipinski definition) is 4. The maximum Gasteiger partial charge on any atom is 0.293 e. The summed E-state index contributed by atoms with van der Waals surface area (Å²) < 4.78 is 14.6. The quantitative estimate of drug-likeness (QED) is 0.862. The van der Waals surface area contributed by atoms with Crippen LogP contribution in [0, 0.1) is 12.7 Å². The number of carbonyl (C=O) groups excluding carboxylic acids is 1. The summed E-state index contributed by atoms with van der Waals surface area (Å²) in [7, 11) is 0. The summed E-state index contributed by atoms with van der Waals surface area (Å²) in [5.41, 5.74) is 0.685. The fraction of sp³-hybridized carbons (Fsp3) is 0.471. The Kier molecular flexibility index (Phi) is 4.62. The van der Waals surface area contributed by atoms with Crippen molar-refractivity contribution in [2.75, 3.05) is 26.2 Å². The molecule has 6 nitrogen and oxygen atoms in total. The second-order valence-corrected chi connectivity index (χ2v) is 6.29. The van der Waals surface area contributed by atoms with Gasteiger partial charge in [-0.15, -0.1) is 5.10 Å². The summed E-state index contributed by atoms with van der Waals surface area (Å²) in [6.07, 6.45) is 0. The highest BCUT2D eigenvalue weighted by Gasteiger charge is 2.26. The van der Waals surface area contributed by atoms with Crippen LogP contribution in [0.3, 0.4) is 0 Å². The highest BCUT2D eigenvalue weighted by atomic mass is 19.1. The molecule has 0 saturated carbocycles. The van der Waals surface area contributed by atoms with Crippen molar-refractivity contribution in [2.24, 2.45) is 0 Å². The van der Waals surface area contributed by atoms with Gasteiger partial charge in [0.1, 0.15) is 11.6 Å². The van der Waals surface area contributed by atoms with Crippen LogP contribution in [-0.2, 0) is 0 Å². The van der Waals surface area contributed by atoms with Gasteiger partial charge in [-0.1, -0.05) is 0 Å². The molecule has 2 heterocycles. The third kappa shape index (κ3) is 3.31. The van der Waals surface area contributed by atoms with Crippen LogP contribution in [0.4, 0.5) is 4.39 Å². The van der Waals surface area contributed by atoms with Crippen molar-refractivity contribution >= 4 is 5.91 Å². The van der Waals surface area contributed by atoms with Crippen LogP contribution in [0.1, 0.15) is 30.3 Å². The molecule has 0 atom stereocenters. The van der Waals surface area contributed by atoms with Gasteiger partial charge in [0.15, 0.2) is 0 Å². The van der Waals surface area contributed by atoms with E-state index < -0.39 is 0 Å². The molecule has 7 heteroatoms. The zero-order chi connectivity index (χ0) is 17.3. The number of carbonyl (C=O) groups is 1. The predicted molar refractivity (Wildman–Crippen MR) is 88.7 cm³/mol. The lowest BCUT2D eigenvalue weighted by molar-refractivity contribution is 0.0584. The number of nitrogens with zero attached hydrogens (tertiary/aromatic N) is 5. The number of amides is 1. The smallest absolute Gasteiger partial charge is 0.293 e. The number of piperazine rings is 1. The van der Waals surface area contributed by atoms with Gasteiger partial charge in [-0.3, -0.25) is 9.69 Å². The van der Waals surface area contributed by atoms with Crippen LogP contribution in [-0.4, -0.2) is 62.7 Å². The lowest BCUT2D eigenvalue weighted by Crippen LogP contribution is -2.50. The summed E-state index contributed by atoms with van der Waals surface area (Å²) >= 11 is 0. The van der Waals surface area contributed by atoms with Gasteiger partial charge in [0.05, 0.1) is 5.69 Å². The predicted octanol–water partition coefficient (Wildman–Crippen LogP) is 1.88. The van der Waals surface area contributed by atoms with Gasteiger partial charge in [0.25, 0.3) is 5.91 Å². The number of aryl methyl sites for hydroxylation is 1. The van der Waals surface area contributed by atoms with Crippen molar-refractivity contribution in [3.05, 3.63) is 41.7 Å². The molecule has 3 rings (SSSR count). The lowest BCUT2D eigenvalue weighted by atomic mass is 10.2. The molecule has 0 unspecified atom stereocenters. The van der Waals surface area contributed by atoms with Gasteiger partial charge >= 0.3 is 0 Å². The first kappa shape index (κ1) is 16.6. The minimum absolute atomic E-state index is 0.151. The van der Waals surface area contributed by atoms with Crippen molar-refractivity contribution < 1.29 is 9.18 Å². The molecule has 1 fully saturated rings. The third-order valence-corrected chi connectivity index (χ3v) is 4.36. The van der Waals surface area contributed by atoms with Crippen LogP contribution in [0.5, 0.6) is 0 Å². The average Bonchev–Trinajstić information content (AvgIpc) is 2.97. The fourth-order valence-corrected chi connectivity index (χ4v) is 2.89. The fourth-order valence-electron chi connectivity index (χ4n) is 2.89. The number of halogens is 1. The first-order valence-electron chi connectivity index (χ1n) is 8.18. The zero-order valence-electron chi connectivity index (χ0n) is 14.2. The minimum Gasteiger partial charge on any atom is -0.333 e. The molecule has 1 aliphatic rings. The second kappa shape index (κ2) is 6.68. The highest BCUT2D eigenvalue weighted by Crippen LogP contribution is 2.13. The molecule has 128 valence electrons. The van der Waals surface area contributed by atoms with Gasteiger partial charge in [0.2, 0.25) is 5.82 Å². The number of aromatic nitrogens is 3. The van der Waals surface area contributed by atoms with Gasteiger partial charge in [-0.25, -0.2) is 14.1 Å². The summed E-state index contributed by atoms with van der Waals surface area (Å²) in [5.74, 6) is 0.332. The maximum absolute atomic E-state index is 13.1. The van der Waals surface area contributed by atoms with E-state index in [4.69, 9.17) is 0 Å². The zero-order valence-corrected chi connectivity index (χ0v) is 14.2. The SMILES string of the molecule is Cc1nc(C(=O)N2CCN(C(C)C)CC2)nn1-c1ccc(F)cc1. The molecule has 24 heavy (non-hydrogen) atoms. The average molecular weight is 331 g/mol. The van der Waals surface area contributed by atoms with Crippen LogP contribution in [0.2, 0.25) is 0 Å². The van der Waals surface area contributed by atoms with Crippen molar-refractivity contribution in [1.29, 1.82) is 0 Å². The van der Waals surface area contributed by atoms with E-state index in [9.17, 15) is 9.18 Å². The summed E-state index contributed by atoms with van der Waals surface area (Å²) in [5, 5.41) is 4.32. The Balaban J connectivity index is 1.75. The van der Waals surface area contributed by atoms with Crippen molar-refractivity contribution in [3.63, 3.8) is 0 Å². The molecule has 0 aliphatic carbocycles. The monoisotopic (exact) mass is 331 g/mol.